The van der Waals surface area contributed by atoms with E-state index in [0.29, 0.717) is 0 Å². The standard InChI is InChI=1S/C54H36N2/c1-3-15-37(16-4-1)40-17-13-19-42(35-40)43-20-14-18-41(36-43)38-29-31-39(32-30-38)45-23-7-10-26-49(45)56-50-27-11-8-24-46(50)47-33-34-52-53(54(47)56)48-25-9-12-28-51(48)55(52)44-21-5-2-6-22-44/h1-36H. The lowest BCUT2D eigenvalue weighted by Crippen LogP contribution is -1.98. The first-order valence-corrected chi connectivity index (χ1v) is 19.3. The smallest absolute Gasteiger partial charge is 0.0641 e. The number of rotatable bonds is 6. The molecule has 56 heavy (non-hydrogen) atoms. The second kappa shape index (κ2) is 13.2. The molecule has 2 aromatic heterocycles. The van der Waals surface area contributed by atoms with E-state index in [-0.39, 0.29) is 0 Å². The van der Waals surface area contributed by atoms with Crippen LogP contribution in [0.4, 0.5) is 0 Å². The first-order valence-electron chi connectivity index (χ1n) is 19.3. The highest BCUT2D eigenvalue weighted by Gasteiger charge is 2.22. The number of para-hydroxylation sites is 4. The Balaban J connectivity index is 1.05. The molecule has 2 heteroatoms. The molecule has 0 fully saturated rings. The van der Waals surface area contributed by atoms with Crippen LogP contribution >= 0.6 is 0 Å². The first-order chi connectivity index (χ1) is 27.8. The van der Waals surface area contributed by atoms with Crippen molar-refractivity contribution in [3.63, 3.8) is 0 Å². The molecule has 9 aromatic carbocycles. The molecule has 0 bridgehead atoms. The van der Waals surface area contributed by atoms with E-state index >= 15 is 0 Å². The van der Waals surface area contributed by atoms with E-state index in [0.717, 1.165) is 11.4 Å². The summed E-state index contributed by atoms with van der Waals surface area (Å²) in [5.74, 6) is 0. The van der Waals surface area contributed by atoms with Crippen LogP contribution in [-0.4, -0.2) is 9.13 Å². The summed E-state index contributed by atoms with van der Waals surface area (Å²) >= 11 is 0. The summed E-state index contributed by atoms with van der Waals surface area (Å²) in [6.45, 7) is 0. The fourth-order valence-corrected chi connectivity index (χ4v) is 8.76. The van der Waals surface area contributed by atoms with E-state index in [2.05, 4.69) is 228 Å². The van der Waals surface area contributed by atoms with Crippen LogP contribution in [0.2, 0.25) is 0 Å². The lowest BCUT2D eigenvalue weighted by molar-refractivity contribution is 1.17. The quantitative estimate of drug-likeness (QED) is 0.162. The average molecular weight is 713 g/mol. The maximum Gasteiger partial charge on any atom is 0.0641 e. The van der Waals surface area contributed by atoms with Gasteiger partial charge in [0.1, 0.15) is 0 Å². The Morgan fingerprint density at radius 3 is 1.46 bits per heavy atom. The third kappa shape index (κ3) is 5.19. The number of aromatic nitrogens is 2. The molecular formula is C54H36N2. The largest absolute Gasteiger partial charge is 0.309 e. The van der Waals surface area contributed by atoms with Gasteiger partial charge in [0.15, 0.2) is 0 Å². The number of fused-ring (bicyclic) bond motifs is 7. The Labute approximate surface area is 325 Å². The molecule has 0 aliphatic rings. The molecule has 0 atom stereocenters. The highest BCUT2D eigenvalue weighted by Crippen LogP contribution is 2.43. The van der Waals surface area contributed by atoms with Gasteiger partial charge in [-0.15, -0.1) is 0 Å². The SMILES string of the molecule is c1ccc(-c2cccc(-c3cccc(-c4ccc(-c5ccccc5-n5c6ccccc6c6ccc7c(c8ccccc8n7-c7ccccc7)c65)cc4)c3)c2)cc1. The Morgan fingerprint density at radius 1 is 0.268 bits per heavy atom. The highest BCUT2D eigenvalue weighted by molar-refractivity contribution is 6.26. The van der Waals surface area contributed by atoms with Crippen molar-refractivity contribution >= 4 is 43.6 Å². The molecule has 0 saturated carbocycles. The number of hydrogen-bond donors (Lipinski definition) is 0. The normalized spacial score (nSPS) is 11.6. The van der Waals surface area contributed by atoms with Crippen LogP contribution < -0.4 is 0 Å². The fraction of sp³-hybridized carbons (Fsp3) is 0. The van der Waals surface area contributed by atoms with Crippen molar-refractivity contribution in [2.75, 3.05) is 0 Å². The summed E-state index contributed by atoms with van der Waals surface area (Å²) in [6, 6.07) is 79.3. The minimum absolute atomic E-state index is 1.16. The van der Waals surface area contributed by atoms with Crippen molar-refractivity contribution in [2.45, 2.75) is 0 Å². The monoisotopic (exact) mass is 712 g/mol. The predicted molar refractivity (Wildman–Crippen MR) is 237 cm³/mol. The lowest BCUT2D eigenvalue weighted by atomic mass is 9.95. The van der Waals surface area contributed by atoms with Gasteiger partial charge in [0.05, 0.1) is 27.8 Å². The van der Waals surface area contributed by atoms with Crippen LogP contribution in [0.5, 0.6) is 0 Å². The molecule has 11 aromatic rings. The van der Waals surface area contributed by atoms with Crippen molar-refractivity contribution in [2.24, 2.45) is 0 Å². The van der Waals surface area contributed by atoms with Crippen molar-refractivity contribution in [3.8, 4) is 55.9 Å². The molecule has 11 rings (SSSR count). The minimum Gasteiger partial charge on any atom is -0.309 e. The zero-order valence-electron chi connectivity index (χ0n) is 30.7. The van der Waals surface area contributed by atoms with Gasteiger partial charge in [-0.05, 0) is 87.5 Å². The molecule has 2 nitrogen and oxygen atoms in total. The molecular weight excluding hydrogens is 677 g/mol. The molecule has 0 unspecified atom stereocenters. The van der Waals surface area contributed by atoms with Gasteiger partial charge in [-0.2, -0.15) is 0 Å². The minimum atomic E-state index is 1.16. The Hall–Kier alpha value is -7.42. The molecule has 0 amide bonds. The van der Waals surface area contributed by atoms with Crippen molar-refractivity contribution in [1.82, 2.24) is 9.13 Å². The summed E-state index contributed by atoms with van der Waals surface area (Å²) in [5, 5.41) is 5.01. The van der Waals surface area contributed by atoms with Gasteiger partial charge in [0.2, 0.25) is 0 Å². The molecule has 0 radical (unpaired) electrons. The van der Waals surface area contributed by atoms with Crippen LogP contribution in [0, 0.1) is 0 Å². The number of nitrogens with zero attached hydrogens (tertiary/aromatic N) is 2. The third-order valence-corrected chi connectivity index (χ3v) is 11.3. The lowest BCUT2D eigenvalue weighted by Gasteiger charge is -2.15. The fourth-order valence-electron chi connectivity index (χ4n) is 8.76. The topological polar surface area (TPSA) is 9.86 Å². The van der Waals surface area contributed by atoms with Gasteiger partial charge in [0.25, 0.3) is 0 Å². The van der Waals surface area contributed by atoms with Crippen LogP contribution in [0.1, 0.15) is 0 Å². The van der Waals surface area contributed by atoms with Crippen molar-refractivity contribution in [1.29, 1.82) is 0 Å². The predicted octanol–water partition coefficient (Wildman–Crippen LogP) is 14.5. The van der Waals surface area contributed by atoms with Gasteiger partial charge in [-0.3, -0.25) is 0 Å². The first kappa shape index (κ1) is 32.0. The second-order valence-electron chi connectivity index (χ2n) is 14.5. The van der Waals surface area contributed by atoms with Crippen LogP contribution in [0.25, 0.3) is 99.5 Å². The second-order valence-corrected chi connectivity index (χ2v) is 14.5. The third-order valence-electron chi connectivity index (χ3n) is 11.3. The van der Waals surface area contributed by atoms with Gasteiger partial charge >= 0.3 is 0 Å². The molecule has 262 valence electrons. The Morgan fingerprint density at radius 2 is 0.768 bits per heavy atom. The molecule has 2 heterocycles. The van der Waals surface area contributed by atoms with E-state index in [1.54, 1.807) is 0 Å². The number of benzene rings is 9. The van der Waals surface area contributed by atoms with Crippen molar-refractivity contribution < 1.29 is 0 Å². The molecule has 0 aliphatic carbocycles. The highest BCUT2D eigenvalue weighted by atomic mass is 15.0. The molecule has 0 N–H and O–H groups in total. The summed E-state index contributed by atoms with van der Waals surface area (Å²) in [4.78, 5) is 0. The van der Waals surface area contributed by atoms with Gasteiger partial charge in [0, 0.05) is 32.8 Å². The van der Waals surface area contributed by atoms with E-state index in [1.165, 1.54) is 88.1 Å². The summed E-state index contributed by atoms with van der Waals surface area (Å²) in [6.07, 6.45) is 0. The molecule has 0 aliphatic heterocycles. The van der Waals surface area contributed by atoms with E-state index < -0.39 is 0 Å². The van der Waals surface area contributed by atoms with E-state index in [9.17, 15) is 0 Å². The molecule has 0 saturated heterocycles. The summed E-state index contributed by atoms with van der Waals surface area (Å²) < 4.78 is 4.91. The maximum atomic E-state index is 2.51. The van der Waals surface area contributed by atoms with Gasteiger partial charge < -0.3 is 9.13 Å². The zero-order valence-corrected chi connectivity index (χ0v) is 30.7. The van der Waals surface area contributed by atoms with Gasteiger partial charge in [-0.25, -0.2) is 0 Å². The van der Waals surface area contributed by atoms with Crippen LogP contribution in [0.3, 0.4) is 0 Å². The van der Waals surface area contributed by atoms with Crippen LogP contribution in [-0.2, 0) is 0 Å². The average Bonchev–Trinajstić information content (AvgIpc) is 3.80. The Bertz CT molecular complexity index is 3220. The number of hydrogen-bond acceptors (Lipinski definition) is 0. The van der Waals surface area contributed by atoms with Crippen LogP contribution in [0.15, 0.2) is 218 Å². The maximum absolute atomic E-state index is 2.51. The van der Waals surface area contributed by atoms with Crippen molar-refractivity contribution in [3.05, 3.63) is 218 Å². The Kier molecular flexibility index (Phi) is 7.53. The van der Waals surface area contributed by atoms with Gasteiger partial charge in [-0.1, -0.05) is 170 Å². The van der Waals surface area contributed by atoms with E-state index in [1.807, 2.05) is 0 Å². The summed E-state index contributed by atoms with van der Waals surface area (Å²) in [5.41, 5.74) is 16.8. The molecule has 0 spiro atoms. The summed E-state index contributed by atoms with van der Waals surface area (Å²) in [7, 11) is 0. The zero-order chi connectivity index (χ0) is 37.0. The van der Waals surface area contributed by atoms with E-state index in [4.69, 9.17) is 0 Å².